The van der Waals surface area contributed by atoms with Crippen LogP contribution in [0.1, 0.15) is 42.4 Å². The van der Waals surface area contributed by atoms with E-state index in [-0.39, 0.29) is 0 Å². The van der Waals surface area contributed by atoms with Gasteiger partial charge >= 0.3 is 0 Å². The highest BCUT2D eigenvalue weighted by molar-refractivity contribution is 6.30. The van der Waals surface area contributed by atoms with Crippen molar-refractivity contribution in [1.82, 2.24) is 4.90 Å². The van der Waals surface area contributed by atoms with E-state index in [9.17, 15) is 4.39 Å². The van der Waals surface area contributed by atoms with E-state index >= 15 is 0 Å². The van der Waals surface area contributed by atoms with Crippen molar-refractivity contribution in [2.75, 3.05) is 19.6 Å². The maximum Gasteiger partial charge on any atom is 0.278 e. The zero-order chi connectivity index (χ0) is 26.0. The van der Waals surface area contributed by atoms with Crippen LogP contribution in [0.4, 0.5) is 10.1 Å². The Morgan fingerprint density at radius 3 is 2.70 bits per heavy atom. The molecule has 0 bridgehead atoms. The molecule has 3 aromatic carbocycles. The second-order valence-electron chi connectivity index (χ2n) is 9.44. The van der Waals surface area contributed by atoms with Crippen molar-refractivity contribution in [3.8, 4) is 11.5 Å². The molecule has 0 spiro atoms. The van der Waals surface area contributed by atoms with Gasteiger partial charge in [-0.2, -0.15) is 5.11 Å². The van der Waals surface area contributed by atoms with Gasteiger partial charge in [0.1, 0.15) is 5.82 Å². The average molecular weight is 519 g/mol. The zero-order valence-electron chi connectivity index (χ0n) is 20.6. The Morgan fingerprint density at radius 1 is 1.16 bits per heavy atom. The molecule has 2 heterocycles. The number of rotatable bonds is 7. The van der Waals surface area contributed by atoms with Gasteiger partial charge in [0.15, 0.2) is 11.5 Å². The Morgan fingerprint density at radius 2 is 1.95 bits per heavy atom. The molecule has 37 heavy (non-hydrogen) atoms. The van der Waals surface area contributed by atoms with Crippen LogP contribution in [0.25, 0.3) is 5.70 Å². The van der Waals surface area contributed by atoms with E-state index in [0.717, 1.165) is 49.3 Å². The standard InChI is InChI=1S/C29H28ClFN4O2/c1-19(34-32)21-5-3-6-23(17-21)33-13-16-35-14-11-20(12-15-35)24-7-4-8-27-28(24)37-29(2,36-27)25-10-9-22(30)18-26(25)31/h3-10,13,17-18,20,32H,1,11-12,14-16H2,2H3. The fourth-order valence-electron chi connectivity index (χ4n) is 4.96. The van der Waals surface area contributed by atoms with Crippen LogP contribution in [0.2, 0.25) is 5.02 Å². The summed E-state index contributed by atoms with van der Waals surface area (Å²) in [6, 6.07) is 18.0. The van der Waals surface area contributed by atoms with Gasteiger partial charge in [0.05, 0.1) is 16.9 Å². The number of ether oxygens (including phenoxy) is 2. The van der Waals surface area contributed by atoms with Gasteiger partial charge < -0.3 is 9.47 Å². The number of halogens is 2. The quantitative estimate of drug-likeness (QED) is 0.257. The van der Waals surface area contributed by atoms with Crippen LogP contribution < -0.4 is 9.47 Å². The Bertz CT molecular complexity index is 1370. The smallest absolute Gasteiger partial charge is 0.278 e. The van der Waals surface area contributed by atoms with E-state index in [1.165, 1.54) is 6.07 Å². The highest BCUT2D eigenvalue weighted by Gasteiger charge is 2.42. The number of nitrogens with one attached hydrogen (secondary N) is 1. The van der Waals surface area contributed by atoms with E-state index in [0.29, 0.717) is 33.7 Å². The molecule has 6 nitrogen and oxygen atoms in total. The predicted octanol–water partition coefficient (Wildman–Crippen LogP) is 7.71. The summed E-state index contributed by atoms with van der Waals surface area (Å²) in [5.74, 6) is -0.0574. The van der Waals surface area contributed by atoms with Crippen LogP contribution in [-0.2, 0) is 5.79 Å². The molecule has 1 unspecified atom stereocenters. The lowest BCUT2D eigenvalue weighted by Gasteiger charge is -2.31. The third kappa shape index (κ3) is 5.29. The monoisotopic (exact) mass is 518 g/mol. The van der Waals surface area contributed by atoms with Crippen molar-refractivity contribution in [2.45, 2.75) is 31.5 Å². The molecular weight excluding hydrogens is 491 g/mol. The topological polar surface area (TPSA) is 70.3 Å². The molecule has 0 radical (unpaired) electrons. The van der Waals surface area contributed by atoms with Gasteiger partial charge in [-0.05, 0) is 68.2 Å². The molecule has 2 aliphatic heterocycles. The molecule has 3 aromatic rings. The fourth-order valence-corrected chi connectivity index (χ4v) is 5.11. The van der Waals surface area contributed by atoms with Crippen molar-refractivity contribution in [2.24, 2.45) is 10.1 Å². The van der Waals surface area contributed by atoms with Crippen molar-refractivity contribution < 1.29 is 13.9 Å². The summed E-state index contributed by atoms with van der Waals surface area (Å²) < 4.78 is 27.1. The number of aliphatic imine (C=N–C) groups is 1. The number of likely N-dealkylation sites (tertiary alicyclic amines) is 1. The Balaban J connectivity index is 1.22. The van der Waals surface area contributed by atoms with Crippen molar-refractivity contribution in [1.29, 1.82) is 5.53 Å². The van der Waals surface area contributed by atoms with Crippen LogP contribution in [0.5, 0.6) is 11.5 Å². The molecule has 0 saturated carbocycles. The van der Waals surface area contributed by atoms with Gasteiger partial charge in [0.2, 0.25) is 0 Å². The number of para-hydroxylation sites is 1. The van der Waals surface area contributed by atoms with Gasteiger partial charge in [-0.1, -0.05) is 42.4 Å². The number of nitrogens with zero attached hydrogens (tertiary/aromatic N) is 3. The van der Waals surface area contributed by atoms with Crippen molar-refractivity contribution in [3.05, 3.63) is 94.8 Å². The van der Waals surface area contributed by atoms with E-state index in [2.05, 4.69) is 27.7 Å². The first-order valence-electron chi connectivity index (χ1n) is 12.2. The van der Waals surface area contributed by atoms with Gasteiger partial charge in [0, 0.05) is 35.8 Å². The Labute approximate surface area is 220 Å². The predicted molar refractivity (Wildman–Crippen MR) is 144 cm³/mol. The van der Waals surface area contributed by atoms with Gasteiger partial charge in [0.25, 0.3) is 5.79 Å². The SMILES string of the molecule is C=C(N=N)c1cccc(N=CCN2CCC(c3cccc4c3OC(C)(c3ccc(Cl)cc3F)O4)CC2)c1. The molecule has 5 rings (SSSR count). The van der Waals surface area contributed by atoms with Crippen LogP contribution >= 0.6 is 11.6 Å². The van der Waals surface area contributed by atoms with Crippen LogP contribution in [0.15, 0.2) is 77.3 Å². The second kappa shape index (κ2) is 10.4. The van der Waals surface area contributed by atoms with Crippen molar-refractivity contribution in [3.63, 3.8) is 0 Å². The van der Waals surface area contributed by atoms with Gasteiger partial charge in [-0.15, -0.1) is 0 Å². The maximum absolute atomic E-state index is 14.7. The fraction of sp³-hybridized carbons (Fsp3) is 0.276. The molecule has 0 aliphatic carbocycles. The molecule has 1 atom stereocenters. The molecule has 1 saturated heterocycles. The number of hydrogen-bond acceptors (Lipinski definition) is 6. The minimum atomic E-state index is -1.25. The molecular formula is C29H28ClFN4O2. The highest BCUT2D eigenvalue weighted by atomic mass is 35.5. The van der Waals surface area contributed by atoms with E-state index < -0.39 is 11.6 Å². The molecule has 1 fully saturated rings. The number of hydrogen-bond donors (Lipinski definition) is 1. The summed E-state index contributed by atoms with van der Waals surface area (Å²) in [6.07, 6.45) is 3.86. The van der Waals surface area contributed by atoms with Crippen LogP contribution in [0.3, 0.4) is 0 Å². The summed E-state index contributed by atoms with van der Waals surface area (Å²) in [4.78, 5) is 6.94. The highest BCUT2D eigenvalue weighted by Crippen LogP contribution is 2.49. The number of piperidine rings is 1. The lowest BCUT2D eigenvalue weighted by molar-refractivity contribution is -0.0711. The normalized spacial score (nSPS) is 19.9. The first kappa shape index (κ1) is 25.1. The molecule has 1 N–H and O–H groups in total. The minimum absolute atomic E-state index is 0.317. The molecule has 0 amide bonds. The first-order chi connectivity index (χ1) is 17.9. The Hall–Kier alpha value is -3.55. The van der Waals surface area contributed by atoms with E-state index in [1.807, 2.05) is 42.6 Å². The summed E-state index contributed by atoms with van der Waals surface area (Å²) >= 11 is 5.94. The largest absolute Gasteiger partial charge is 0.444 e. The van der Waals surface area contributed by atoms with Crippen molar-refractivity contribution >= 4 is 29.2 Å². The summed E-state index contributed by atoms with van der Waals surface area (Å²) in [6.45, 7) is 8.11. The summed E-state index contributed by atoms with van der Waals surface area (Å²) in [5, 5.41) is 3.73. The minimum Gasteiger partial charge on any atom is -0.444 e. The molecule has 0 aromatic heterocycles. The molecule has 8 heteroatoms. The van der Waals surface area contributed by atoms with Crippen LogP contribution in [-0.4, -0.2) is 30.7 Å². The third-order valence-electron chi connectivity index (χ3n) is 6.95. The second-order valence-corrected chi connectivity index (χ2v) is 9.88. The van der Waals surface area contributed by atoms with Gasteiger partial charge in [-0.3, -0.25) is 9.89 Å². The van der Waals surface area contributed by atoms with Gasteiger partial charge in [-0.25, -0.2) is 9.92 Å². The van der Waals surface area contributed by atoms with Crippen LogP contribution in [0, 0.1) is 11.3 Å². The Kier molecular flexibility index (Phi) is 7.09. The molecule has 2 aliphatic rings. The first-order valence-corrected chi connectivity index (χ1v) is 12.6. The third-order valence-corrected chi connectivity index (χ3v) is 7.19. The zero-order valence-corrected chi connectivity index (χ0v) is 21.3. The lowest BCUT2D eigenvalue weighted by atomic mass is 9.88. The average Bonchev–Trinajstić information content (AvgIpc) is 3.26. The van der Waals surface area contributed by atoms with E-state index in [1.54, 1.807) is 19.1 Å². The number of benzene rings is 3. The maximum atomic E-state index is 14.7. The summed E-state index contributed by atoms with van der Waals surface area (Å²) in [5.41, 5.74) is 10.6. The summed E-state index contributed by atoms with van der Waals surface area (Å²) in [7, 11) is 0. The number of fused-ring (bicyclic) bond motifs is 1. The lowest BCUT2D eigenvalue weighted by Crippen LogP contribution is -2.34. The molecule has 190 valence electrons. The van der Waals surface area contributed by atoms with E-state index in [4.69, 9.17) is 26.6 Å².